The van der Waals surface area contributed by atoms with Crippen LogP contribution in [0, 0.1) is 0 Å². The van der Waals surface area contributed by atoms with Gasteiger partial charge >= 0.3 is 5.97 Å². The first-order valence-electron chi connectivity index (χ1n) is 4.68. The summed E-state index contributed by atoms with van der Waals surface area (Å²) < 4.78 is 5.60. The average Bonchev–Trinajstić information content (AvgIpc) is 2.76. The number of anilines is 1. The number of rotatable bonds is 3. The number of esters is 1. The highest BCUT2D eigenvalue weighted by Gasteiger charge is 2.12. The van der Waals surface area contributed by atoms with E-state index in [1.165, 1.54) is 13.4 Å². The topological polar surface area (TPSA) is 55.3 Å². The largest absolute Gasteiger partial charge is 0.468 e. The van der Waals surface area contributed by atoms with Crippen LogP contribution in [0.3, 0.4) is 0 Å². The molecule has 84 valence electrons. The lowest BCUT2D eigenvalue weighted by atomic mass is 10.4. The molecule has 0 N–H and O–H groups in total. The standard InChI is InChI=1S/C10H11N3O2S/c1-13(5-8(14)15-2)10-9-7(3-4-16-9)11-6-12-10/h3-4,6H,5H2,1-2H3. The predicted molar refractivity (Wildman–Crippen MR) is 62.7 cm³/mol. The number of carbonyl (C=O) groups excluding carboxylic acids is 1. The second-order valence-corrected chi connectivity index (χ2v) is 4.18. The zero-order valence-electron chi connectivity index (χ0n) is 9.01. The Hall–Kier alpha value is -1.69. The van der Waals surface area contributed by atoms with Gasteiger partial charge in [0.05, 0.1) is 17.3 Å². The molecule has 0 amide bonds. The minimum atomic E-state index is -0.286. The van der Waals surface area contributed by atoms with Crippen LogP contribution in [0.1, 0.15) is 0 Å². The number of thiophene rings is 1. The summed E-state index contributed by atoms with van der Waals surface area (Å²) in [4.78, 5) is 21.2. The van der Waals surface area contributed by atoms with Crippen LogP contribution >= 0.6 is 11.3 Å². The number of nitrogens with zero attached hydrogens (tertiary/aromatic N) is 3. The first-order valence-corrected chi connectivity index (χ1v) is 5.56. The first kappa shape index (κ1) is 10.8. The fraction of sp³-hybridized carbons (Fsp3) is 0.300. The van der Waals surface area contributed by atoms with Crippen LogP contribution in [0.4, 0.5) is 5.82 Å². The van der Waals surface area contributed by atoms with E-state index in [2.05, 4.69) is 14.7 Å². The van der Waals surface area contributed by atoms with Crippen molar-refractivity contribution < 1.29 is 9.53 Å². The summed E-state index contributed by atoms with van der Waals surface area (Å²) in [6.07, 6.45) is 1.50. The maximum atomic E-state index is 11.2. The van der Waals surface area contributed by atoms with Crippen LogP contribution in [0.25, 0.3) is 10.2 Å². The van der Waals surface area contributed by atoms with Crippen molar-refractivity contribution in [2.75, 3.05) is 25.6 Å². The summed E-state index contributed by atoms with van der Waals surface area (Å²) in [6, 6.07) is 1.93. The smallest absolute Gasteiger partial charge is 0.325 e. The van der Waals surface area contributed by atoms with Gasteiger partial charge in [0.2, 0.25) is 0 Å². The maximum Gasteiger partial charge on any atom is 0.325 e. The molecule has 2 rings (SSSR count). The van der Waals surface area contributed by atoms with Gasteiger partial charge in [0.15, 0.2) is 0 Å². The molecule has 2 aromatic heterocycles. The second-order valence-electron chi connectivity index (χ2n) is 3.26. The van der Waals surface area contributed by atoms with Gasteiger partial charge in [-0.3, -0.25) is 4.79 Å². The summed E-state index contributed by atoms with van der Waals surface area (Å²) in [5.74, 6) is 0.469. The normalized spacial score (nSPS) is 10.4. The number of likely N-dealkylation sites (N-methyl/N-ethyl adjacent to an activating group) is 1. The van der Waals surface area contributed by atoms with Gasteiger partial charge in [0, 0.05) is 7.05 Å². The summed E-state index contributed by atoms with van der Waals surface area (Å²) in [5.41, 5.74) is 0.895. The van der Waals surface area contributed by atoms with Crippen molar-refractivity contribution in [2.24, 2.45) is 0 Å². The number of hydrogen-bond acceptors (Lipinski definition) is 6. The van der Waals surface area contributed by atoms with E-state index in [4.69, 9.17) is 0 Å². The third-order valence-electron chi connectivity index (χ3n) is 2.18. The van der Waals surface area contributed by atoms with Crippen LogP contribution in [0.15, 0.2) is 17.8 Å². The molecular weight excluding hydrogens is 226 g/mol. The van der Waals surface area contributed by atoms with Crippen LogP contribution in [-0.4, -0.2) is 36.6 Å². The summed E-state index contributed by atoms with van der Waals surface area (Å²) in [7, 11) is 3.18. The highest BCUT2D eigenvalue weighted by Crippen LogP contribution is 2.26. The van der Waals surface area contributed by atoms with Crippen molar-refractivity contribution in [3.05, 3.63) is 17.8 Å². The minimum absolute atomic E-state index is 0.181. The van der Waals surface area contributed by atoms with Crippen LogP contribution < -0.4 is 4.90 Å². The van der Waals surface area contributed by atoms with Crippen molar-refractivity contribution in [3.8, 4) is 0 Å². The Morgan fingerprint density at radius 3 is 3.12 bits per heavy atom. The molecule has 5 nitrogen and oxygen atoms in total. The van der Waals surface area contributed by atoms with Crippen molar-refractivity contribution >= 4 is 33.3 Å². The van der Waals surface area contributed by atoms with E-state index >= 15 is 0 Å². The number of ether oxygens (including phenoxy) is 1. The van der Waals surface area contributed by atoms with E-state index < -0.39 is 0 Å². The van der Waals surface area contributed by atoms with E-state index in [0.717, 1.165) is 16.0 Å². The predicted octanol–water partition coefficient (Wildman–Crippen LogP) is 1.30. The Bertz CT molecular complexity index is 511. The molecule has 0 saturated heterocycles. The Labute approximate surface area is 96.7 Å². The molecule has 0 aromatic carbocycles. The van der Waals surface area contributed by atoms with E-state index in [1.54, 1.807) is 23.3 Å². The minimum Gasteiger partial charge on any atom is -0.468 e. The Morgan fingerprint density at radius 1 is 1.56 bits per heavy atom. The monoisotopic (exact) mass is 237 g/mol. The van der Waals surface area contributed by atoms with Gasteiger partial charge in [-0.05, 0) is 11.4 Å². The Kier molecular flexibility index (Phi) is 3.00. The number of carbonyl (C=O) groups is 1. The molecule has 16 heavy (non-hydrogen) atoms. The Morgan fingerprint density at radius 2 is 2.38 bits per heavy atom. The molecular formula is C10H11N3O2S. The van der Waals surface area contributed by atoms with Crippen LogP contribution in [0.2, 0.25) is 0 Å². The number of aromatic nitrogens is 2. The molecule has 0 radical (unpaired) electrons. The number of methoxy groups -OCH3 is 1. The van der Waals surface area contributed by atoms with Gasteiger partial charge in [-0.2, -0.15) is 0 Å². The zero-order valence-corrected chi connectivity index (χ0v) is 9.82. The van der Waals surface area contributed by atoms with Gasteiger partial charge in [0.25, 0.3) is 0 Å². The third-order valence-corrected chi connectivity index (χ3v) is 3.08. The van der Waals surface area contributed by atoms with E-state index in [-0.39, 0.29) is 12.5 Å². The van der Waals surface area contributed by atoms with Crippen molar-refractivity contribution in [2.45, 2.75) is 0 Å². The summed E-state index contributed by atoms with van der Waals surface area (Å²) in [5, 5.41) is 1.95. The van der Waals surface area contributed by atoms with Crippen molar-refractivity contribution in [3.63, 3.8) is 0 Å². The molecule has 2 aromatic rings. The van der Waals surface area contributed by atoms with Crippen LogP contribution in [-0.2, 0) is 9.53 Å². The van der Waals surface area contributed by atoms with E-state index in [1.807, 2.05) is 11.4 Å². The third kappa shape index (κ3) is 1.96. The summed E-state index contributed by atoms with van der Waals surface area (Å²) >= 11 is 1.56. The van der Waals surface area contributed by atoms with Gasteiger partial charge in [-0.15, -0.1) is 11.3 Å². The fourth-order valence-corrected chi connectivity index (χ4v) is 2.27. The van der Waals surface area contributed by atoms with Gasteiger partial charge in [-0.1, -0.05) is 0 Å². The number of hydrogen-bond donors (Lipinski definition) is 0. The molecule has 0 aliphatic rings. The Balaban J connectivity index is 2.32. The molecule has 0 saturated carbocycles. The van der Waals surface area contributed by atoms with Crippen LogP contribution in [0.5, 0.6) is 0 Å². The lowest BCUT2D eigenvalue weighted by Crippen LogP contribution is -2.27. The average molecular weight is 237 g/mol. The van der Waals surface area contributed by atoms with E-state index in [0.29, 0.717) is 0 Å². The molecule has 0 aliphatic heterocycles. The molecule has 0 unspecified atom stereocenters. The maximum absolute atomic E-state index is 11.2. The molecule has 0 bridgehead atoms. The molecule has 0 fully saturated rings. The molecule has 0 spiro atoms. The first-order chi connectivity index (χ1) is 7.72. The lowest BCUT2D eigenvalue weighted by Gasteiger charge is -2.16. The lowest BCUT2D eigenvalue weighted by molar-refractivity contribution is -0.138. The summed E-state index contributed by atoms with van der Waals surface area (Å²) in [6.45, 7) is 0.181. The molecule has 0 atom stereocenters. The van der Waals surface area contributed by atoms with E-state index in [9.17, 15) is 4.79 Å². The molecule has 0 aliphatic carbocycles. The number of fused-ring (bicyclic) bond motifs is 1. The second kappa shape index (κ2) is 4.44. The molecule has 6 heteroatoms. The quantitative estimate of drug-likeness (QED) is 0.753. The van der Waals surface area contributed by atoms with Crippen molar-refractivity contribution in [1.82, 2.24) is 9.97 Å². The van der Waals surface area contributed by atoms with Crippen molar-refractivity contribution in [1.29, 1.82) is 0 Å². The van der Waals surface area contributed by atoms with Gasteiger partial charge < -0.3 is 9.64 Å². The van der Waals surface area contributed by atoms with Gasteiger partial charge in [0.1, 0.15) is 18.7 Å². The van der Waals surface area contributed by atoms with Gasteiger partial charge in [-0.25, -0.2) is 9.97 Å². The molecule has 2 heterocycles. The highest BCUT2D eigenvalue weighted by molar-refractivity contribution is 7.17. The fourth-order valence-electron chi connectivity index (χ4n) is 1.38. The highest BCUT2D eigenvalue weighted by atomic mass is 32.1. The zero-order chi connectivity index (χ0) is 11.5. The SMILES string of the molecule is COC(=O)CN(C)c1ncnc2ccsc12.